The second kappa shape index (κ2) is 5.91. The molecule has 1 aromatic heterocycles. The van der Waals surface area contributed by atoms with Crippen molar-refractivity contribution in [2.45, 2.75) is 18.9 Å². The lowest BCUT2D eigenvalue weighted by atomic mass is 10.2. The molecule has 0 spiro atoms. The lowest BCUT2D eigenvalue weighted by Gasteiger charge is -2.17. The summed E-state index contributed by atoms with van der Waals surface area (Å²) in [5.41, 5.74) is 6.95. The predicted molar refractivity (Wildman–Crippen MR) is 77.3 cm³/mol. The number of rotatable bonds is 4. The third kappa shape index (κ3) is 3.00. The molecule has 1 saturated heterocycles. The lowest BCUT2D eigenvalue weighted by molar-refractivity contribution is 0.306. The quantitative estimate of drug-likeness (QED) is 0.937. The van der Waals surface area contributed by atoms with E-state index < -0.39 is 0 Å². The van der Waals surface area contributed by atoms with Gasteiger partial charge in [-0.25, -0.2) is 0 Å². The van der Waals surface area contributed by atoms with Gasteiger partial charge >= 0.3 is 0 Å². The predicted octanol–water partition coefficient (Wildman–Crippen LogP) is 2.49. The van der Waals surface area contributed by atoms with Gasteiger partial charge in [0, 0.05) is 17.1 Å². The fraction of sp³-hybridized carbons (Fsp3) is 0.429. The molecule has 20 heavy (non-hydrogen) atoms. The second-order valence-corrected chi connectivity index (χ2v) is 5.52. The number of aromatic nitrogens is 2. The van der Waals surface area contributed by atoms with Gasteiger partial charge in [-0.15, -0.1) is 0 Å². The Morgan fingerprint density at radius 3 is 2.90 bits per heavy atom. The molecule has 1 aliphatic heterocycles. The highest BCUT2D eigenvalue weighted by molar-refractivity contribution is 6.30. The molecule has 1 aromatic carbocycles. The molecule has 1 atom stereocenters. The Balaban J connectivity index is 1.72. The monoisotopic (exact) mass is 292 g/mol. The molecule has 0 radical (unpaired) electrons. The average Bonchev–Trinajstić information content (AvgIpc) is 3.09. The standard InChI is InChI=1S/C14H17ClN4O/c15-11-5-3-4-10(8-11)14-17-13(18-20-14)12(16)9-19-6-1-2-7-19/h3-5,8,12H,1-2,6-7,9,16H2. The zero-order valence-corrected chi connectivity index (χ0v) is 11.9. The summed E-state index contributed by atoms with van der Waals surface area (Å²) >= 11 is 5.96. The smallest absolute Gasteiger partial charge is 0.258 e. The molecule has 3 rings (SSSR count). The highest BCUT2D eigenvalue weighted by Gasteiger charge is 2.20. The van der Waals surface area contributed by atoms with Crippen LogP contribution in [0, 0.1) is 0 Å². The van der Waals surface area contributed by atoms with Crippen molar-refractivity contribution in [1.29, 1.82) is 0 Å². The van der Waals surface area contributed by atoms with Crippen molar-refractivity contribution in [2.75, 3.05) is 19.6 Å². The van der Waals surface area contributed by atoms with Crippen LogP contribution in [-0.4, -0.2) is 34.7 Å². The van der Waals surface area contributed by atoms with Gasteiger partial charge in [0.1, 0.15) is 0 Å². The maximum Gasteiger partial charge on any atom is 0.258 e. The molecule has 1 fully saturated rings. The Hall–Kier alpha value is -1.43. The summed E-state index contributed by atoms with van der Waals surface area (Å²) < 4.78 is 5.27. The van der Waals surface area contributed by atoms with E-state index in [-0.39, 0.29) is 6.04 Å². The first kappa shape index (κ1) is 13.5. The zero-order chi connectivity index (χ0) is 13.9. The summed E-state index contributed by atoms with van der Waals surface area (Å²) in [6, 6.07) is 7.12. The van der Waals surface area contributed by atoms with E-state index in [1.807, 2.05) is 12.1 Å². The van der Waals surface area contributed by atoms with Crippen LogP contribution in [0.3, 0.4) is 0 Å². The van der Waals surface area contributed by atoms with Gasteiger partial charge in [0.25, 0.3) is 5.89 Å². The molecule has 0 saturated carbocycles. The van der Waals surface area contributed by atoms with Crippen molar-refractivity contribution in [2.24, 2.45) is 5.73 Å². The van der Waals surface area contributed by atoms with E-state index in [9.17, 15) is 0 Å². The van der Waals surface area contributed by atoms with Crippen LogP contribution in [0.25, 0.3) is 11.5 Å². The topological polar surface area (TPSA) is 68.2 Å². The second-order valence-electron chi connectivity index (χ2n) is 5.08. The van der Waals surface area contributed by atoms with Crippen LogP contribution in [0.5, 0.6) is 0 Å². The molecule has 2 aromatic rings. The first-order chi connectivity index (χ1) is 9.72. The van der Waals surface area contributed by atoms with E-state index in [0.717, 1.165) is 25.2 Å². The van der Waals surface area contributed by atoms with Gasteiger partial charge in [0.2, 0.25) is 0 Å². The molecule has 2 N–H and O–H groups in total. The largest absolute Gasteiger partial charge is 0.334 e. The van der Waals surface area contributed by atoms with Crippen molar-refractivity contribution in [3.8, 4) is 11.5 Å². The van der Waals surface area contributed by atoms with Crippen LogP contribution in [0.2, 0.25) is 5.02 Å². The normalized spacial score (nSPS) is 17.5. The fourth-order valence-electron chi connectivity index (χ4n) is 2.45. The minimum atomic E-state index is -0.218. The number of hydrogen-bond acceptors (Lipinski definition) is 5. The molecule has 0 aliphatic carbocycles. The Labute approximate surface area is 122 Å². The van der Waals surface area contributed by atoms with Crippen molar-refractivity contribution in [1.82, 2.24) is 15.0 Å². The summed E-state index contributed by atoms with van der Waals surface area (Å²) in [5, 5.41) is 4.63. The van der Waals surface area contributed by atoms with Crippen molar-refractivity contribution in [3.63, 3.8) is 0 Å². The number of likely N-dealkylation sites (tertiary alicyclic amines) is 1. The van der Waals surface area contributed by atoms with E-state index in [1.165, 1.54) is 12.8 Å². The van der Waals surface area contributed by atoms with E-state index in [2.05, 4.69) is 15.0 Å². The van der Waals surface area contributed by atoms with Crippen LogP contribution in [0.15, 0.2) is 28.8 Å². The minimum Gasteiger partial charge on any atom is -0.334 e. The molecule has 2 heterocycles. The van der Waals surface area contributed by atoms with Gasteiger partial charge < -0.3 is 15.2 Å². The maximum atomic E-state index is 6.14. The van der Waals surface area contributed by atoms with E-state index in [1.54, 1.807) is 12.1 Å². The van der Waals surface area contributed by atoms with Crippen LogP contribution in [0.1, 0.15) is 24.7 Å². The van der Waals surface area contributed by atoms with Crippen molar-refractivity contribution >= 4 is 11.6 Å². The summed E-state index contributed by atoms with van der Waals surface area (Å²) in [5.74, 6) is 1.01. The average molecular weight is 293 g/mol. The minimum absolute atomic E-state index is 0.218. The van der Waals surface area contributed by atoms with Gasteiger partial charge in [-0.05, 0) is 44.1 Å². The number of hydrogen-bond donors (Lipinski definition) is 1. The summed E-state index contributed by atoms with van der Waals surface area (Å²) in [6.07, 6.45) is 2.49. The molecule has 1 unspecified atom stereocenters. The summed E-state index contributed by atoms with van der Waals surface area (Å²) in [6.45, 7) is 2.98. The van der Waals surface area contributed by atoms with Crippen LogP contribution in [0.4, 0.5) is 0 Å². The van der Waals surface area contributed by atoms with Crippen LogP contribution < -0.4 is 5.73 Å². The molecular formula is C14H17ClN4O. The van der Waals surface area contributed by atoms with E-state index >= 15 is 0 Å². The third-order valence-corrected chi connectivity index (χ3v) is 3.73. The Morgan fingerprint density at radius 1 is 1.35 bits per heavy atom. The fourth-order valence-corrected chi connectivity index (χ4v) is 2.64. The Kier molecular flexibility index (Phi) is 4.00. The van der Waals surface area contributed by atoms with Gasteiger partial charge in [-0.2, -0.15) is 4.98 Å². The van der Waals surface area contributed by atoms with Gasteiger partial charge in [0.05, 0.1) is 6.04 Å². The number of benzene rings is 1. The first-order valence-corrected chi connectivity index (χ1v) is 7.17. The number of halogens is 1. The summed E-state index contributed by atoms with van der Waals surface area (Å²) in [4.78, 5) is 6.71. The number of nitrogens with two attached hydrogens (primary N) is 1. The molecule has 5 nitrogen and oxygen atoms in total. The zero-order valence-electron chi connectivity index (χ0n) is 11.1. The van der Waals surface area contributed by atoms with Gasteiger partial charge in [-0.3, -0.25) is 0 Å². The lowest BCUT2D eigenvalue weighted by Crippen LogP contribution is -2.30. The Morgan fingerprint density at radius 2 is 2.15 bits per heavy atom. The Bertz CT molecular complexity index is 580. The van der Waals surface area contributed by atoms with E-state index in [4.69, 9.17) is 21.9 Å². The molecule has 6 heteroatoms. The van der Waals surface area contributed by atoms with Crippen molar-refractivity contribution < 1.29 is 4.52 Å². The van der Waals surface area contributed by atoms with Gasteiger partial charge in [-0.1, -0.05) is 22.8 Å². The third-order valence-electron chi connectivity index (χ3n) is 3.50. The SMILES string of the molecule is NC(CN1CCCC1)c1noc(-c2cccc(Cl)c2)n1. The highest BCUT2D eigenvalue weighted by atomic mass is 35.5. The first-order valence-electron chi connectivity index (χ1n) is 6.80. The van der Waals surface area contributed by atoms with Crippen LogP contribution in [-0.2, 0) is 0 Å². The molecular weight excluding hydrogens is 276 g/mol. The maximum absolute atomic E-state index is 6.14. The van der Waals surface area contributed by atoms with Crippen LogP contribution >= 0.6 is 11.6 Å². The van der Waals surface area contributed by atoms with Gasteiger partial charge in [0.15, 0.2) is 5.82 Å². The molecule has 106 valence electrons. The van der Waals surface area contributed by atoms with Crippen molar-refractivity contribution in [3.05, 3.63) is 35.1 Å². The summed E-state index contributed by atoms with van der Waals surface area (Å²) in [7, 11) is 0. The molecule has 1 aliphatic rings. The van der Waals surface area contributed by atoms with E-state index in [0.29, 0.717) is 16.7 Å². The highest BCUT2D eigenvalue weighted by Crippen LogP contribution is 2.22. The number of nitrogens with zero attached hydrogens (tertiary/aromatic N) is 3. The molecule has 0 bridgehead atoms. The molecule has 0 amide bonds.